The molecule has 32 heavy (non-hydrogen) atoms. The molecule has 0 atom stereocenters. The number of benzene rings is 3. The minimum atomic E-state index is -0.0697. The standard InChI is InChI=1S/C27H29N3O2/c1-32-25-14-8-9-22(21-25)15-16-28-27(31)30-19-17-29(18-20-30)26(23-10-4-2-5-11-23)24-12-6-3-7-13-24/h2-16,21,26H,17-20H2,1H3,(H,28,31)/b16-15+. The van der Waals surface area contributed by atoms with Gasteiger partial charge in [-0.05, 0) is 34.9 Å². The predicted octanol–water partition coefficient (Wildman–Crippen LogP) is 4.78. The van der Waals surface area contributed by atoms with Crippen molar-refractivity contribution in [1.82, 2.24) is 15.1 Å². The maximum atomic E-state index is 12.6. The molecule has 0 radical (unpaired) electrons. The lowest BCUT2D eigenvalue weighted by Crippen LogP contribution is -2.51. The van der Waals surface area contributed by atoms with Gasteiger partial charge in [0, 0.05) is 32.4 Å². The van der Waals surface area contributed by atoms with Crippen LogP contribution in [0.25, 0.3) is 6.08 Å². The van der Waals surface area contributed by atoms with Crippen LogP contribution < -0.4 is 10.1 Å². The van der Waals surface area contributed by atoms with Crippen LogP contribution in [0.1, 0.15) is 22.7 Å². The van der Waals surface area contributed by atoms with E-state index in [1.54, 1.807) is 13.3 Å². The summed E-state index contributed by atoms with van der Waals surface area (Å²) in [5.74, 6) is 0.793. The lowest BCUT2D eigenvalue weighted by Gasteiger charge is -2.39. The van der Waals surface area contributed by atoms with E-state index in [0.717, 1.165) is 24.4 Å². The lowest BCUT2D eigenvalue weighted by molar-refractivity contribution is 0.122. The normalized spacial score (nSPS) is 14.6. The van der Waals surface area contributed by atoms with E-state index < -0.39 is 0 Å². The summed E-state index contributed by atoms with van der Waals surface area (Å²) in [4.78, 5) is 17.0. The molecular formula is C27H29N3O2. The summed E-state index contributed by atoms with van der Waals surface area (Å²) < 4.78 is 5.24. The topological polar surface area (TPSA) is 44.8 Å². The van der Waals surface area contributed by atoms with Gasteiger partial charge in [0.25, 0.3) is 0 Å². The van der Waals surface area contributed by atoms with Gasteiger partial charge in [-0.1, -0.05) is 72.8 Å². The Morgan fingerprint density at radius 1 is 0.875 bits per heavy atom. The first kappa shape index (κ1) is 21.7. The van der Waals surface area contributed by atoms with Crippen molar-refractivity contribution in [1.29, 1.82) is 0 Å². The Bertz CT molecular complexity index is 990. The smallest absolute Gasteiger partial charge is 0.321 e. The van der Waals surface area contributed by atoms with Gasteiger partial charge < -0.3 is 15.0 Å². The first-order valence-electron chi connectivity index (χ1n) is 10.9. The zero-order valence-corrected chi connectivity index (χ0v) is 18.4. The van der Waals surface area contributed by atoms with Crippen molar-refractivity contribution in [3.05, 3.63) is 108 Å². The van der Waals surface area contributed by atoms with Crippen molar-refractivity contribution >= 4 is 12.1 Å². The SMILES string of the molecule is COc1cccc(/C=C/NC(=O)N2CCN(C(c3ccccc3)c3ccccc3)CC2)c1. The highest BCUT2D eigenvalue weighted by molar-refractivity contribution is 5.76. The fourth-order valence-electron chi connectivity index (χ4n) is 4.11. The highest BCUT2D eigenvalue weighted by Crippen LogP contribution is 2.29. The van der Waals surface area contributed by atoms with Crippen molar-refractivity contribution in [3.8, 4) is 5.75 Å². The maximum Gasteiger partial charge on any atom is 0.321 e. The molecule has 1 N–H and O–H groups in total. The van der Waals surface area contributed by atoms with Crippen molar-refractivity contribution in [3.63, 3.8) is 0 Å². The zero-order valence-electron chi connectivity index (χ0n) is 18.4. The second-order valence-electron chi connectivity index (χ2n) is 7.81. The summed E-state index contributed by atoms with van der Waals surface area (Å²) in [7, 11) is 1.64. The van der Waals surface area contributed by atoms with E-state index in [1.807, 2.05) is 47.4 Å². The van der Waals surface area contributed by atoms with Crippen LogP contribution in [0.5, 0.6) is 5.75 Å². The third-order valence-corrected chi connectivity index (χ3v) is 5.77. The predicted molar refractivity (Wildman–Crippen MR) is 128 cm³/mol. The second kappa shape index (κ2) is 10.6. The van der Waals surface area contributed by atoms with Gasteiger partial charge in [0.15, 0.2) is 0 Å². The molecule has 3 aromatic carbocycles. The molecule has 1 aliphatic heterocycles. The van der Waals surface area contributed by atoms with Gasteiger partial charge in [0.2, 0.25) is 0 Å². The molecule has 5 nitrogen and oxygen atoms in total. The van der Waals surface area contributed by atoms with Gasteiger partial charge in [0.05, 0.1) is 13.2 Å². The summed E-state index contributed by atoms with van der Waals surface area (Å²) >= 11 is 0. The fourth-order valence-corrected chi connectivity index (χ4v) is 4.11. The minimum absolute atomic E-state index is 0.0697. The van der Waals surface area contributed by atoms with Crippen molar-refractivity contribution < 1.29 is 9.53 Å². The molecule has 0 aliphatic carbocycles. The average Bonchev–Trinajstić information content (AvgIpc) is 2.86. The van der Waals surface area contributed by atoms with Crippen LogP contribution in [0.15, 0.2) is 91.1 Å². The van der Waals surface area contributed by atoms with E-state index in [1.165, 1.54) is 11.1 Å². The lowest BCUT2D eigenvalue weighted by atomic mass is 9.96. The molecule has 1 saturated heterocycles. The van der Waals surface area contributed by atoms with Gasteiger partial charge in [-0.25, -0.2) is 4.79 Å². The number of piperazine rings is 1. The fraction of sp³-hybridized carbons (Fsp3) is 0.222. The Labute approximate surface area is 189 Å². The van der Waals surface area contributed by atoms with Crippen LogP contribution in [-0.4, -0.2) is 49.1 Å². The number of ether oxygens (including phenoxy) is 1. The maximum absolute atomic E-state index is 12.6. The molecule has 0 bridgehead atoms. The largest absolute Gasteiger partial charge is 0.497 e. The summed E-state index contributed by atoms with van der Waals surface area (Å²) in [5, 5.41) is 2.89. The number of nitrogens with zero attached hydrogens (tertiary/aromatic N) is 2. The van der Waals surface area contributed by atoms with E-state index in [2.05, 4.69) is 58.7 Å². The molecule has 164 valence electrons. The molecule has 2 amide bonds. The molecule has 5 heteroatoms. The van der Waals surface area contributed by atoms with Crippen molar-refractivity contribution in [2.75, 3.05) is 33.3 Å². The Kier molecular flexibility index (Phi) is 7.20. The van der Waals surface area contributed by atoms with Gasteiger partial charge >= 0.3 is 6.03 Å². The van der Waals surface area contributed by atoms with Gasteiger partial charge in [-0.15, -0.1) is 0 Å². The second-order valence-corrected chi connectivity index (χ2v) is 7.81. The first-order chi connectivity index (χ1) is 15.7. The Hall–Kier alpha value is -3.57. The Balaban J connectivity index is 1.37. The molecule has 0 saturated carbocycles. The highest BCUT2D eigenvalue weighted by atomic mass is 16.5. The highest BCUT2D eigenvalue weighted by Gasteiger charge is 2.27. The summed E-state index contributed by atoms with van der Waals surface area (Å²) in [6, 6.07) is 29.0. The molecule has 0 spiro atoms. The minimum Gasteiger partial charge on any atom is -0.497 e. The molecule has 0 unspecified atom stereocenters. The molecule has 0 aromatic heterocycles. The van der Waals surface area contributed by atoms with Crippen molar-refractivity contribution in [2.45, 2.75) is 6.04 Å². The number of methoxy groups -OCH3 is 1. The molecular weight excluding hydrogens is 398 g/mol. The van der Waals surface area contributed by atoms with Crippen LogP contribution in [0, 0.1) is 0 Å². The van der Waals surface area contributed by atoms with E-state index in [-0.39, 0.29) is 12.1 Å². The quantitative estimate of drug-likeness (QED) is 0.616. The van der Waals surface area contributed by atoms with Crippen LogP contribution in [-0.2, 0) is 0 Å². The van der Waals surface area contributed by atoms with Crippen LogP contribution in [0.3, 0.4) is 0 Å². The van der Waals surface area contributed by atoms with Crippen LogP contribution in [0.2, 0.25) is 0 Å². The molecule has 3 aromatic rings. The number of nitrogens with one attached hydrogen (secondary N) is 1. The summed E-state index contributed by atoms with van der Waals surface area (Å²) in [6.45, 7) is 3.02. The van der Waals surface area contributed by atoms with Gasteiger partial charge in [0.1, 0.15) is 5.75 Å². The third-order valence-electron chi connectivity index (χ3n) is 5.77. The Morgan fingerprint density at radius 2 is 1.50 bits per heavy atom. The molecule has 4 rings (SSSR count). The van der Waals surface area contributed by atoms with E-state index >= 15 is 0 Å². The molecule has 1 fully saturated rings. The first-order valence-corrected chi connectivity index (χ1v) is 10.9. The zero-order chi connectivity index (χ0) is 22.2. The molecule has 1 heterocycles. The van der Waals surface area contributed by atoms with Crippen LogP contribution >= 0.6 is 0 Å². The number of hydrogen-bond donors (Lipinski definition) is 1. The summed E-state index contributed by atoms with van der Waals surface area (Å²) in [5.41, 5.74) is 3.53. The number of hydrogen-bond acceptors (Lipinski definition) is 3. The average molecular weight is 428 g/mol. The number of urea groups is 1. The number of amides is 2. The van der Waals surface area contributed by atoms with E-state index in [9.17, 15) is 4.79 Å². The van der Waals surface area contributed by atoms with E-state index in [0.29, 0.717) is 13.1 Å². The molecule has 1 aliphatic rings. The van der Waals surface area contributed by atoms with Crippen LogP contribution in [0.4, 0.5) is 4.79 Å². The number of rotatable bonds is 6. The number of carbonyl (C=O) groups excluding carboxylic acids is 1. The van der Waals surface area contributed by atoms with Gasteiger partial charge in [-0.2, -0.15) is 0 Å². The van der Waals surface area contributed by atoms with E-state index in [4.69, 9.17) is 4.74 Å². The van der Waals surface area contributed by atoms with Crippen molar-refractivity contribution in [2.24, 2.45) is 0 Å². The third kappa shape index (κ3) is 5.37. The van der Waals surface area contributed by atoms with Gasteiger partial charge in [-0.3, -0.25) is 4.90 Å². The Morgan fingerprint density at radius 3 is 2.09 bits per heavy atom. The monoisotopic (exact) mass is 427 g/mol. The number of carbonyl (C=O) groups is 1. The summed E-state index contributed by atoms with van der Waals surface area (Å²) in [6.07, 6.45) is 3.57.